The Morgan fingerprint density at radius 2 is 1.52 bits per heavy atom. The van der Waals surface area contributed by atoms with E-state index in [1.54, 1.807) is 31.2 Å². The van der Waals surface area contributed by atoms with Gasteiger partial charge in [0.2, 0.25) is 0 Å². The zero-order valence-corrected chi connectivity index (χ0v) is 16.0. The molecule has 0 fully saturated rings. The highest BCUT2D eigenvalue weighted by Gasteiger charge is 2.37. The van der Waals surface area contributed by atoms with Gasteiger partial charge < -0.3 is 10.1 Å². The maximum Gasteiger partial charge on any atom is 0.416 e. The second-order valence-corrected chi connectivity index (χ2v) is 6.86. The molecule has 1 unspecified atom stereocenters. The molecule has 0 bridgehead atoms. The SMILES string of the molecule is COC(C)(CNC(=O)c1cc(C(F)(F)F)cc(C(F)(F)F)c1)c1cccc(Cl)c1. The Morgan fingerprint density at radius 3 is 1.97 bits per heavy atom. The van der Waals surface area contributed by atoms with Crippen LogP contribution >= 0.6 is 11.6 Å². The maximum atomic E-state index is 13.0. The molecule has 29 heavy (non-hydrogen) atoms. The molecule has 158 valence electrons. The van der Waals surface area contributed by atoms with Crippen molar-refractivity contribution < 1.29 is 35.9 Å². The molecule has 0 spiro atoms. The van der Waals surface area contributed by atoms with E-state index in [1.807, 2.05) is 0 Å². The number of hydrogen-bond donors (Lipinski definition) is 1. The van der Waals surface area contributed by atoms with Crippen molar-refractivity contribution >= 4 is 17.5 Å². The van der Waals surface area contributed by atoms with E-state index >= 15 is 0 Å². The minimum absolute atomic E-state index is 0.0397. The first-order chi connectivity index (χ1) is 13.3. The van der Waals surface area contributed by atoms with Crippen molar-refractivity contribution in [3.63, 3.8) is 0 Å². The molecule has 1 N–H and O–H groups in total. The Morgan fingerprint density at radius 1 is 0.966 bits per heavy atom. The van der Waals surface area contributed by atoms with E-state index in [4.69, 9.17) is 16.3 Å². The van der Waals surface area contributed by atoms with E-state index < -0.39 is 40.6 Å². The molecular formula is C19H16ClF6NO2. The molecule has 3 nitrogen and oxygen atoms in total. The van der Waals surface area contributed by atoms with Crippen LogP contribution in [-0.2, 0) is 22.7 Å². The smallest absolute Gasteiger partial charge is 0.372 e. The number of carbonyl (C=O) groups is 1. The van der Waals surface area contributed by atoms with Crippen molar-refractivity contribution in [2.75, 3.05) is 13.7 Å². The lowest BCUT2D eigenvalue weighted by Gasteiger charge is -2.29. The Kier molecular flexibility index (Phi) is 6.54. The predicted molar refractivity (Wildman–Crippen MR) is 94.6 cm³/mol. The first-order valence-corrected chi connectivity index (χ1v) is 8.53. The molecule has 10 heteroatoms. The van der Waals surface area contributed by atoms with Crippen LogP contribution in [0.2, 0.25) is 5.02 Å². The summed E-state index contributed by atoms with van der Waals surface area (Å²) in [5.41, 5.74) is -4.46. The van der Waals surface area contributed by atoms with Gasteiger partial charge in [0.15, 0.2) is 0 Å². The lowest BCUT2D eigenvalue weighted by atomic mass is 9.95. The van der Waals surface area contributed by atoms with Crippen LogP contribution in [-0.4, -0.2) is 19.6 Å². The van der Waals surface area contributed by atoms with Crippen molar-refractivity contribution in [3.05, 3.63) is 69.7 Å². The standard InChI is InChI=1S/C19H16ClF6NO2/c1-17(29-2,12-4-3-5-15(20)9-12)10-27-16(28)11-6-13(18(21,22)23)8-14(7-11)19(24,25)26/h3-9H,10H2,1-2H3,(H,27,28). The van der Waals surface area contributed by atoms with Crippen molar-refractivity contribution in [1.82, 2.24) is 5.32 Å². The summed E-state index contributed by atoms with van der Waals surface area (Å²) >= 11 is 5.93. The molecule has 0 aromatic heterocycles. The van der Waals surface area contributed by atoms with Crippen molar-refractivity contribution in [2.45, 2.75) is 24.9 Å². The van der Waals surface area contributed by atoms with Crippen molar-refractivity contribution in [3.8, 4) is 0 Å². The third kappa shape index (κ3) is 5.63. The fraction of sp³-hybridized carbons (Fsp3) is 0.316. The van der Waals surface area contributed by atoms with Gasteiger partial charge in [0.05, 0.1) is 17.7 Å². The number of alkyl halides is 6. The van der Waals surface area contributed by atoms with E-state index in [2.05, 4.69) is 5.32 Å². The molecule has 0 heterocycles. The van der Waals surface area contributed by atoms with Crippen molar-refractivity contribution in [2.24, 2.45) is 0 Å². The van der Waals surface area contributed by atoms with E-state index in [0.717, 1.165) is 0 Å². The van der Waals surface area contributed by atoms with Gasteiger partial charge in [0.25, 0.3) is 5.91 Å². The molecule has 1 amide bonds. The Hall–Kier alpha value is -2.26. The van der Waals surface area contributed by atoms with Gasteiger partial charge in [-0.1, -0.05) is 23.7 Å². The highest BCUT2D eigenvalue weighted by Crippen LogP contribution is 2.36. The van der Waals surface area contributed by atoms with Crippen LogP contribution in [0.1, 0.15) is 34.0 Å². The molecule has 1 atom stereocenters. The highest BCUT2D eigenvalue weighted by molar-refractivity contribution is 6.30. The Balaban J connectivity index is 2.32. The van der Waals surface area contributed by atoms with Gasteiger partial charge >= 0.3 is 12.4 Å². The van der Waals surface area contributed by atoms with E-state index in [0.29, 0.717) is 22.7 Å². The van der Waals surface area contributed by atoms with Crippen molar-refractivity contribution in [1.29, 1.82) is 0 Å². The van der Waals surface area contributed by atoms with E-state index in [-0.39, 0.29) is 12.6 Å². The second kappa shape index (κ2) is 8.23. The van der Waals surface area contributed by atoms with Gasteiger partial charge in [0, 0.05) is 17.7 Å². The molecule has 2 rings (SSSR count). The summed E-state index contributed by atoms with van der Waals surface area (Å²) in [7, 11) is 1.35. The summed E-state index contributed by atoms with van der Waals surface area (Å²) in [6.45, 7) is 1.37. The van der Waals surface area contributed by atoms with Gasteiger partial charge in [-0.15, -0.1) is 0 Å². The lowest BCUT2D eigenvalue weighted by molar-refractivity contribution is -0.143. The van der Waals surface area contributed by atoms with Gasteiger partial charge in [-0.3, -0.25) is 4.79 Å². The topological polar surface area (TPSA) is 38.3 Å². The van der Waals surface area contributed by atoms with E-state index in [9.17, 15) is 31.1 Å². The van der Waals surface area contributed by atoms with Crippen LogP contribution in [0.4, 0.5) is 26.3 Å². The zero-order chi connectivity index (χ0) is 22.0. The number of ether oxygens (including phenoxy) is 1. The molecule has 0 saturated heterocycles. The summed E-state index contributed by atoms with van der Waals surface area (Å²) in [6.07, 6.45) is -10.1. The zero-order valence-electron chi connectivity index (χ0n) is 15.2. The quantitative estimate of drug-likeness (QED) is 0.610. The number of hydrogen-bond acceptors (Lipinski definition) is 2. The number of carbonyl (C=O) groups excluding carboxylic acids is 1. The largest absolute Gasteiger partial charge is 0.416 e. The summed E-state index contributed by atoms with van der Waals surface area (Å²) < 4.78 is 83.1. The third-order valence-corrected chi connectivity index (χ3v) is 4.56. The third-order valence-electron chi connectivity index (χ3n) is 4.32. The first kappa shape index (κ1) is 23.0. The number of rotatable bonds is 5. The number of halogens is 7. The monoisotopic (exact) mass is 439 g/mol. The Bertz CT molecular complexity index is 865. The number of benzene rings is 2. The minimum atomic E-state index is -5.04. The molecule has 2 aromatic carbocycles. The van der Waals surface area contributed by atoms with Crippen LogP contribution in [0.3, 0.4) is 0 Å². The van der Waals surface area contributed by atoms with Crippen LogP contribution in [0.5, 0.6) is 0 Å². The van der Waals surface area contributed by atoms with Crippen LogP contribution in [0.25, 0.3) is 0 Å². The predicted octanol–water partition coefficient (Wildman–Crippen LogP) is 5.67. The molecule has 2 aromatic rings. The number of methoxy groups -OCH3 is 1. The van der Waals surface area contributed by atoms with Gasteiger partial charge in [0.1, 0.15) is 5.60 Å². The second-order valence-electron chi connectivity index (χ2n) is 6.42. The summed E-state index contributed by atoms with van der Waals surface area (Å²) in [6, 6.07) is 7.18. The van der Waals surface area contributed by atoms with Gasteiger partial charge in [-0.2, -0.15) is 26.3 Å². The minimum Gasteiger partial charge on any atom is -0.372 e. The first-order valence-electron chi connectivity index (χ1n) is 8.15. The molecule has 0 aliphatic rings. The summed E-state index contributed by atoms with van der Waals surface area (Å²) in [5.74, 6) is -1.10. The molecule has 0 saturated carbocycles. The van der Waals surface area contributed by atoms with E-state index in [1.165, 1.54) is 7.11 Å². The fourth-order valence-corrected chi connectivity index (χ4v) is 2.74. The fourth-order valence-electron chi connectivity index (χ4n) is 2.55. The number of amides is 1. The number of nitrogens with one attached hydrogen (secondary N) is 1. The highest BCUT2D eigenvalue weighted by atomic mass is 35.5. The van der Waals surface area contributed by atoms with Crippen LogP contribution in [0, 0.1) is 0 Å². The lowest BCUT2D eigenvalue weighted by Crippen LogP contribution is -2.40. The average Bonchev–Trinajstić information content (AvgIpc) is 2.64. The molecule has 0 aliphatic heterocycles. The van der Waals surface area contributed by atoms with Crippen LogP contribution in [0.15, 0.2) is 42.5 Å². The normalized spacial score (nSPS) is 14.4. The summed E-state index contributed by atoms with van der Waals surface area (Å²) in [5, 5.41) is 2.72. The maximum absolute atomic E-state index is 13.0. The summed E-state index contributed by atoms with van der Waals surface area (Å²) in [4.78, 5) is 12.3. The average molecular weight is 440 g/mol. The van der Waals surface area contributed by atoms with Crippen LogP contribution < -0.4 is 5.32 Å². The molecular weight excluding hydrogens is 424 g/mol. The molecule has 0 aliphatic carbocycles. The van der Waals surface area contributed by atoms with Gasteiger partial charge in [-0.25, -0.2) is 0 Å². The van der Waals surface area contributed by atoms with Gasteiger partial charge in [-0.05, 0) is 42.8 Å². The Labute approximate surface area is 167 Å². The molecule has 0 radical (unpaired) electrons.